The first-order chi connectivity index (χ1) is 4.45. The van der Waals surface area contributed by atoms with Crippen LogP contribution < -0.4 is 0 Å². The van der Waals surface area contributed by atoms with Crippen LogP contribution in [-0.4, -0.2) is 11.6 Å². The maximum atomic E-state index is 10.5. The predicted octanol–water partition coefficient (Wildman–Crippen LogP) is 1.67. The van der Waals surface area contributed by atoms with Gasteiger partial charge in [0.05, 0.1) is 0 Å². The standard InChI is InChI=1S/C7H14O3/c1-5-6(8)9-10-7(2,3)4/h5H2,1-4H3. The second-order valence-corrected chi connectivity index (χ2v) is 3.00. The summed E-state index contributed by atoms with van der Waals surface area (Å²) in [5.41, 5.74) is -0.412. The molecule has 0 saturated heterocycles. The fraction of sp³-hybridized carbons (Fsp3) is 0.857. The summed E-state index contributed by atoms with van der Waals surface area (Å²) in [7, 11) is 0. The molecule has 0 aromatic carbocycles. The number of rotatable bonds is 2. The minimum atomic E-state index is -0.412. The van der Waals surface area contributed by atoms with E-state index in [0.29, 0.717) is 6.42 Å². The van der Waals surface area contributed by atoms with Crippen LogP contribution in [0.5, 0.6) is 0 Å². The molecule has 0 aliphatic rings. The van der Waals surface area contributed by atoms with Crippen LogP contribution in [0.4, 0.5) is 0 Å². The molecule has 0 radical (unpaired) electrons. The predicted molar refractivity (Wildman–Crippen MR) is 37.2 cm³/mol. The van der Waals surface area contributed by atoms with Crippen LogP contribution in [-0.2, 0) is 14.6 Å². The summed E-state index contributed by atoms with van der Waals surface area (Å²) in [6.45, 7) is 7.16. The molecule has 0 N–H and O–H groups in total. The molecule has 0 aromatic rings. The van der Waals surface area contributed by atoms with Gasteiger partial charge in [0.1, 0.15) is 5.60 Å². The van der Waals surface area contributed by atoms with Crippen molar-refractivity contribution in [2.45, 2.75) is 39.7 Å². The van der Waals surface area contributed by atoms with Crippen LogP contribution in [0.3, 0.4) is 0 Å². The van der Waals surface area contributed by atoms with Crippen molar-refractivity contribution in [2.75, 3.05) is 0 Å². The molecule has 3 heteroatoms. The molecule has 0 heterocycles. The van der Waals surface area contributed by atoms with Crippen molar-refractivity contribution in [2.24, 2.45) is 0 Å². The lowest BCUT2D eigenvalue weighted by molar-refractivity contribution is -0.320. The average molecular weight is 146 g/mol. The number of carbonyl (C=O) groups is 1. The third-order valence-electron chi connectivity index (χ3n) is 0.673. The van der Waals surface area contributed by atoms with Gasteiger partial charge in [-0.05, 0) is 20.8 Å². The molecular formula is C7H14O3. The first kappa shape index (κ1) is 9.43. The zero-order valence-electron chi connectivity index (χ0n) is 6.93. The van der Waals surface area contributed by atoms with Crippen LogP contribution in [0.25, 0.3) is 0 Å². The Morgan fingerprint density at radius 2 is 1.90 bits per heavy atom. The smallest absolute Gasteiger partial charge is 0.298 e. The fourth-order valence-electron chi connectivity index (χ4n) is 0.230. The third-order valence-corrected chi connectivity index (χ3v) is 0.673. The van der Waals surface area contributed by atoms with Crippen LogP contribution in [0.15, 0.2) is 0 Å². The fourth-order valence-corrected chi connectivity index (χ4v) is 0.230. The van der Waals surface area contributed by atoms with E-state index in [1.807, 2.05) is 20.8 Å². The summed E-state index contributed by atoms with van der Waals surface area (Å²) >= 11 is 0. The van der Waals surface area contributed by atoms with Gasteiger partial charge in [-0.15, -0.1) is 0 Å². The third kappa shape index (κ3) is 5.56. The van der Waals surface area contributed by atoms with E-state index in [9.17, 15) is 4.79 Å². The van der Waals surface area contributed by atoms with E-state index >= 15 is 0 Å². The molecule has 0 spiro atoms. The van der Waals surface area contributed by atoms with Gasteiger partial charge in [-0.2, -0.15) is 4.89 Å². The number of hydrogen-bond acceptors (Lipinski definition) is 3. The van der Waals surface area contributed by atoms with E-state index < -0.39 is 5.60 Å². The Kier molecular flexibility index (Phi) is 3.36. The summed E-state index contributed by atoms with van der Waals surface area (Å²) in [6.07, 6.45) is 0.343. The lowest BCUT2D eigenvalue weighted by atomic mass is 10.2. The Bertz CT molecular complexity index is 113. The minimum absolute atomic E-state index is 0.338. The van der Waals surface area contributed by atoms with E-state index in [0.717, 1.165) is 0 Å². The monoisotopic (exact) mass is 146 g/mol. The maximum Gasteiger partial charge on any atom is 0.342 e. The molecule has 0 atom stereocenters. The van der Waals surface area contributed by atoms with Crippen molar-refractivity contribution < 1.29 is 14.6 Å². The van der Waals surface area contributed by atoms with E-state index in [2.05, 4.69) is 4.89 Å². The summed E-state index contributed by atoms with van der Waals surface area (Å²) in [5, 5.41) is 0. The molecule has 0 saturated carbocycles. The Morgan fingerprint density at radius 3 is 2.20 bits per heavy atom. The molecule has 10 heavy (non-hydrogen) atoms. The highest BCUT2D eigenvalue weighted by molar-refractivity contribution is 5.68. The minimum Gasteiger partial charge on any atom is -0.298 e. The van der Waals surface area contributed by atoms with Crippen molar-refractivity contribution in [3.63, 3.8) is 0 Å². The van der Waals surface area contributed by atoms with Gasteiger partial charge in [0.2, 0.25) is 0 Å². The van der Waals surface area contributed by atoms with Gasteiger partial charge in [0, 0.05) is 6.42 Å². The summed E-state index contributed by atoms with van der Waals surface area (Å²) in [6, 6.07) is 0. The van der Waals surface area contributed by atoms with Gasteiger partial charge in [0.15, 0.2) is 0 Å². The number of hydrogen-bond donors (Lipinski definition) is 0. The highest BCUT2D eigenvalue weighted by Crippen LogP contribution is 2.07. The van der Waals surface area contributed by atoms with Crippen molar-refractivity contribution in [1.82, 2.24) is 0 Å². The molecule has 0 fully saturated rings. The Balaban J connectivity index is 3.46. The lowest BCUT2D eigenvalue weighted by Crippen LogP contribution is -2.21. The van der Waals surface area contributed by atoms with Gasteiger partial charge < -0.3 is 0 Å². The SMILES string of the molecule is CCC(=O)OOC(C)(C)C. The normalized spacial score (nSPS) is 11.2. The summed E-state index contributed by atoms with van der Waals surface area (Å²) in [4.78, 5) is 19.7. The van der Waals surface area contributed by atoms with Crippen LogP contribution >= 0.6 is 0 Å². The second kappa shape index (κ2) is 3.56. The van der Waals surface area contributed by atoms with Crippen molar-refractivity contribution in [3.05, 3.63) is 0 Å². The first-order valence-electron chi connectivity index (χ1n) is 3.34. The highest BCUT2D eigenvalue weighted by Gasteiger charge is 2.13. The van der Waals surface area contributed by atoms with Crippen LogP contribution in [0, 0.1) is 0 Å². The van der Waals surface area contributed by atoms with Gasteiger partial charge >= 0.3 is 5.97 Å². The molecule has 0 bridgehead atoms. The van der Waals surface area contributed by atoms with Gasteiger partial charge in [0.25, 0.3) is 0 Å². The van der Waals surface area contributed by atoms with E-state index in [1.54, 1.807) is 6.92 Å². The molecule has 0 aromatic heterocycles. The van der Waals surface area contributed by atoms with Gasteiger partial charge in [-0.3, -0.25) is 4.89 Å². The van der Waals surface area contributed by atoms with E-state index in [4.69, 9.17) is 4.89 Å². The molecule has 60 valence electrons. The lowest BCUT2D eigenvalue weighted by Gasteiger charge is -2.15. The van der Waals surface area contributed by atoms with Crippen molar-refractivity contribution in [3.8, 4) is 0 Å². The van der Waals surface area contributed by atoms with Gasteiger partial charge in [-0.25, -0.2) is 4.79 Å². The summed E-state index contributed by atoms with van der Waals surface area (Å²) < 4.78 is 0. The topological polar surface area (TPSA) is 35.5 Å². The molecular weight excluding hydrogens is 132 g/mol. The zero-order chi connectivity index (χ0) is 8.20. The van der Waals surface area contributed by atoms with E-state index in [-0.39, 0.29) is 5.97 Å². The second-order valence-electron chi connectivity index (χ2n) is 3.00. The molecule has 0 rings (SSSR count). The van der Waals surface area contributed by atoms with Gasteiger partial charge in [-0.1, -0.05) is 6.92 Å². The van der Waals surface area contributed by atoms with Crippen LogP contribution in [0.1, 0.15) is 34.1 Å². The van der Waals surface area contributed by atoms with E-state index in [1.165, 1.54) is 0 Å². The Morgan fingerprint density at radius 1 is 1.40 bits per heavy atom. The maximum absolute atomic E-state index is 10.5. The zero-order valence-corrected chi connectivity index (χ0v) is 6.93. The molecule has 0 aliphatic heterocycles. The Hall–Kier alpha value is -0.570. The first-order valence-corrected chi connectivity index (χ1v) is 3.34. The molecule has 0 amide bonds. The van der Waals surface area contributed by atoms with Crippen molar-refractivity contribution in [1.29, 1.82) is 0 Å². The van der Waals surface area contributed by atoms with Crippen molar-refractivity contribution >= 4 is 5.97 Å². The molecule has 0 unspecified atom stereocenters. The molecule has 0 aliphatic carbocycles. The number of carbonyl (C=O) groups excluding carboxylic acids is 1. The molecule has 3 nitrogen and oxygen atoms in total. The largest absolute Gasteiger partial charge is 0.342 e. The Labute approximate surface area is 61.2 Å². The average Bonchev–Trinajstić information content (AvgIpc) is 1.81. The van der Waals surface area contributed by atoms with Crippen LogP contribution in [0.2, 0.25) is 0 Å². The summed E-state index contributed by atoms with van der Waals surface area (Å²) in [5.74, 6) is -0.338. The quantitative estimate of drug-likeness (QED) is 0.439. The highest BCUT2D eigenvalue weighted by atomic mass is 17.2.